The number of hydrogen-bond donors (Lipinski definition) is 3. The smallest absolute Gasteiger partial charge is 0.221 e. The molecule has 0 radical (unpaired) electrons. The van der Waals surface area contributed by atoms with Crippen LogP contribution in [-0.4, -0.2) is 23.7 Å². The molecule has 0 fully saturated rings. The van der Waals surface area contributed by atoms with Gasteiger partial charge in [0.15, 0.2) is 0 Å². The highest BCUT2D eigenvalue weighted by Crippen LogP contribution is 2.15. The Kier molecular flexibility index (Phi) is 7.26. The number of rotatable bonds is 8. The lowest BCUT2D eigenvalue weighted by molar-refractivity contribution is -0.114. The minimum atomic E-state index is -0.321. The molecule has 0 bridgehead atoms. The molecule has 1 rings (SSSR count). The van der Waals surface area contributed by atoms with Crippen LogP contribution in [0, 0.1) is 5.92 Å². The van der Waals surface area contributed by atoms with Crippen LogP contribution in [0.4, 0.5) is 5.69 Å². The van der Waals surface area contributed by atoms with Crippen molar-refractivity contribution in [2.24, 2.45) is 5.92 Å². The molecule has 0 heterocycles. The number of amides is 1. The van der Waals surface area contributed by atoms with Gasteiger partial charge >= 0.3 is 0 Å². The molecule has 3 N–H and O–H groups in total. The maximum atomic E-state index is 11.1. The monoisotopic (exact) mass is 278 g/mol. The Hall–Kier alpha value is -1.39. The molecule has 0 aliphatic heterocycles. The van der Waals surface area contributed by atoms with Crippen LogP contribution in [0.15, 0.2) is 24.3 Å². The van der Waals surface area contributed by atoms with Crippen molar-refractivity contribution in [3.05, 3.63) is 29.8 Å². The maximum absolute atomic E-state index is 11.1. The first-order valence-corrected chi connectivity index (χ1v) is 7.32. The van der Waals surface area contributed by atoms with Gasteiger partial charge in [0, 0.05) is 25.7 Å². The molecule has 0 saturated heterocycles. The zero-order valence-corrected chi connectivity index (χ0v) is 12.6. The Labute approximate surface area is 121 Å². The number of anilines is 1. The molecule has 0 spiro atoms. The molecular formula is C16H26N2O2. The van der Waals surface area contributed by atoms with Crippen LogP contribution in [0.1, 0.15) is 39.2 Å². The van der Waals surface area contributed by atoms with Crippen molar-refractivity contribution in [1.82, 2.24) is 5.32 Å². The van der Waals surface area contributed by atoms with E-state index >= 15 is 0 Å². The minimum absolute atomic E-state index is 0.0745. The number of nitrogens with one attached hydrogen (secondary N) is 2. The molecule has 1 unspecified atom stereocenters. The van der Waals surface area contributed by atoms with E-state index in [1.165, 1.54) is 6.92 Å². The predicted octanol–water partition coefficient (Wildman–Crippen LogP) is 2.53. The highest BCUT2D eigenvalue weighted by molar-refractivity contribution is 5.89. The van der Waals surface area contributed by atoms with Crippen molar-refractivity contribution in [3.8, 4) is 0 Å². The second-order valence-corrected chi connectivity index (χ2v) is 5.11. The van der Waals surface area contributed by atoms with E-state index in [4.69, 9.17) is 0 Å². The number of para-hydroxylation sites is 1. The van der Waals surface area contributed by atoms with Crippen molar-refractivity contribution >= 4 is 11.6 Å². The number of carbonyl (C=O) groups excluding carboxylic acids is 1. The highest BCUT2D eigenvalue weighted by atomic mass is 16.3. The number of hydrogen-bond acceptors (Lipinski definition) is 3. The molecule has 1 aromatic rings. The average molecular weight is 278 g/mol. The van der Waals surface area contributed by atoms with Gasteiger partial charge in [-0.2, -0.15) is 0 Å². The normalized spacial score (nSPS) is 12.4. The topological polar surface area (TPSA) is 61.4 Å². The Balaban J connectivity index is 2.51. The Morgan fingerprint density at radius 1 is 1.25 bits per heavy atom. The summed E-state index contributed by atoms with van der Waals surface area (Å²) in [5, 5.41) is 16.1. The van der Waals surface area contributed by atoms with Crippen LogP contribution in [-0.2, 0) is 11.3 Å². The molecule has 4 heteroatoms. The summed E-state index contributed by atoms with van der Waals surface area (Å²) in [6.07, 6.45) is 1.65. The predicted molar refractivity (Wildman–Crippen MR) is 82.5 cm³/mol. The van der Waals surface area contributed by atoms with Crippen LogP contribution < -0.4 is 10.6 Å². The van der Waals surface area contributed by atoms with Gasteiger partial charge in [0.25, 0.3) is 0 Å². The third kappa shape index (κ3) is 5.31. The Bertz CT molecular complexity index is 417. The molecule has 1 amide bonds. The lowest BCUT2D eigenvalue weighted by Crippen LogP contribution is -2.32. The molecule has 1 atom stereocenters. The van der Waals surface area contributed by atoms with E-state index in [0.29, 0.717) is 19.0 Å². The van der Waals surface area contributed by atoms with Crippen molar-refractivity contribution in [2.45, 2.75) is 46.3 Å². The van der Waals surface area contributed by atoms with Crippen LogP contribution in [0.25, 0.3) is 0 Å². The number of benzene rings is 1. The summed E-state index contributed by atoms with van der Waals surface area (Å²) < 4.78 is 0. The molecule has 0 aromatic heterocycles. The maximum Gasteiger partial charge on any atom is 0.221 e. The van der Waals surface area contributed by atoms with E-state index in [1.54, 1.807) is 0 Å². The van der Waals surface area contributed by atoms with Crippen molar-refractivity contribution in [2.75, 3.05) is 11.9 Å². The molecule has 0 saturated carbocycles. The van der Waals surface area contributed by atoms with E-state index < -0.39 is 0 Å². The second kappa shape index (κ2) is 8.72. The number of carbonyl (C=O) groups is 1. The minimum Gasteiger partial charge on any atom is -0.392 e. The SMILES string of the molecule is CCC(CC)C(O)CNCc1ccccc1NC(C)=O. The standard InChI is InChI=1S/C16H26N2O2/c1-4-13(5-2)16(20)11-17-10-14-8-6-7-9-15(14)18-12(3)19/h6-9,13,16-17,20H,4-5,10-11H2,1-3H3,(H,18,19). The lowest BCUT2D eigenvalue weighted by atomic mass is 9.96. The van der Waals surface area contributed by atoms with E-state index in [9.17, 15) is 9.90 Å². The van der Waals surface area contributed by atoms with Gasteiger partial charge in [0.05, 0.1) is 6.10 Å². The zero-order valence-electron chi connectivity index (χ0n) is 12.6. The summed E-state index contributed by atoms with van der Waals surface area (Å²) >= 11 is 0. The van der Waals surface area contributed by atoms with Gasteiger partial charge in [0.2, 0.25) is 5.91 Å². The molecule has 4 nitrogen and oxygen atoms in total. The van der Waals surface area contributed by atoms with Crippen LogP contribution in [0.2, 0.25) is 0 Å². The van der Waals surface area contributed by atoms with Gasteiger partial charge < -0.3 is 15.7 Å². The van der Waals surface area contributed by atoms with Crippen LogP contribution in [0.5, 0.6) is 0 Å². The van der Waals surface area contributed by atoms with Crippen molar-refractivity contribution in [1.29, 1.82) is 0 Å². The third-order valence-electron chi connectivity index (χ3n) is 3.59. The van der Waals surface area contributed by atoms with E-state index in [-0.39, 0.29) is 12.0 Å². The lowest BCUT2D eigenvalue weighted by Gasteiger charge is -2.20. The third-order valence-corrected chi connectivity index (χ3v) is 3.59. The Morgan fingerprint density at radius 2 is 1.90 bits per heavy atom. The Morgan fingerprint density at radius 3 is 2.50 bits per heavy atom. The first kappa shape index (κ1) is 16.7. The van der Waals surface area contributed by atoms with Gasteiger partial charge in [0.1, 0.15) is 0 Å². The molecule has 0 aliphatic carbocycles. The summed E-state index contributed by atoms with van der Waals surface area (Å²) in [6, 6.07) is 7.70. The summed E-state index contributed by atoms with van der Waals surface area (Å²) in [4.78, 5) is 11.1. The molecule has 1 aromatic carbocycles. The molecule has 0 aliphatic rings. The fourth-order valence-corrected chi connectivity index (χ4v) is 2.34. The first-order chi connectivity index (χ1) is 9.58. The van der Waals surface area contributed by atoms with E-state index in [0.717, 1.165) is 24.1 Å². The average Bonchev–Trinajstić information content (AvgIpc) is 2.41. The van der Waals surface area contributed by atoms with E-state index in [1.807, 2.05) is 24.3 Å². The second-order valence-electron chi connectivity index (χ2n) is 5.11. The summed E-state index contributed by atoms with van der Waals surface area (Å²) in [6.45, 7) is 6.91. The van der Waals surface area contributed by atoms with Gasteiger partial charge in [-0.1, -0.05) is 44.9 Å². The van der Waals surface area contributed by atoms with Gasteiger partial charge in [-0.05, 0) is 17.5 Å². The van der Waals surface area contributed by atoms with E-state index in [2.05, 4.69) is 24.5 Å². The number of aliphatic hydroxyl groups excluding tert-OH is 1. The molecule has 20 heavy (non-hydrogen) atoms. The van der Waals surface area contributed by atoms with Gasteiger partial charge in [-0.3, -0.25) is 4.79 Å². The highest BCUT2D eigenvalue weighted by Gasteiger charge is 2.14. The van der Waals surface area contributed by atoms with Crippen molar-refractivity contribution in [3.63, 3.8) is 0 Å². The summed E-state index contributed by atoms with van der Waals surface area (Å²) in [7, 11) is 0. The fourth-order valence-electron chi connectivity index (χ4n) is 2.34. The molecular weight excluding hydrogens is 252 g/mol. The number of aliphatic hydroxyl groups is 1. The van der Waals surface area contributed by atoms with Crippen LogP contribution in [0.3, 0.4) is 0 Å². The fraction of sp³-hybridized carbons (Fsp3) is 0.562. The quantitative estimate of drug-likeness (QED) is 0.685. The summed E-state index contributed by atoms with van der Waals surface area (Å²) in [5.74, 6) is 0.266. The van der Waals surface area contributed by atoms with Gasteiger partial charge in [-0.15, -0.1) is 0 Å². The van der Waals surface area contributed by atoms with Crippen molar-refractivity contribution < 1.29 is 9.90 Å². The zero-order chi connectivity index (χ0) is 15.0. The van der Waals surface area contributed by atoms with Crippen LogP contribution >= 0.6 is 0 Å². The first-order valence-electron chi connectivity index (χ1n) is 7.32. The molecule has 112 valence electrons. The van der Waals surface area contributed by atoms with Gasteiger partial charge in [-0.25, -0.2) is 0 Å². The largest absolute Gasteiger partial charge is 0.392 e. The summed E-state index contributed by atoms with van der Waals surface area (Å²) in [5.41, 5.74) is 1.85.